The van der Waals surface area contributed by atoms with E-state index in [1.54, 1.807) is 0 Å². The third-order valence-corrected chi connectivity index (χ3v) is 9.33. The minimum Gasteiger partial charge on any atom is -0.256 e. The van der Waals surface area contributed by atoms with Crippen LogP contribution in [0.3, 0.4) is 0 Å². The summed E-state index contributed by atoms with van der Waals surface area (Å²) in [6, 6.07) is 15.7. The van der Waals surface area contributed by atoms with Crippen LogP contribution in [0.15, 0.2) is 65.0 Å². The number of fused-ring (bicyclic) bond motifs is 6. The molecule has 0 saturated heterocycles. The maximum atomic E-state index is 4.96. The summed E-state index contributed by atoms with van der Waals surface area (Å²) in [4.78, 5) is 7.86. The van der Waals surface area contributed by atoms with E-state index in [9.17, 15) is 0 Å². The lowest BCUT2D eigenvalue weighted by Crippen LogP contribution is -2.12. The fraction of sp³-hybridized carbons (Fsp3) is 0.250. The molecule has 2 aliphatic rings. The van der Waals surface area contributed by atoms with E-state index < -0.39 is 0 Å². The van der Waals surface area contributed by atoms with Crippen molar-refractivity contribution in [3.63, 3.8) is 0 Å². The van der Waals surface area contributed by atoms with Gasteiger partial charge in [-0.3, -0.25) is 4.98 Å². The molecule has 2 aromatic heterocycles. The number of allylic oxidation sites excluding steroid dienone is 1. The van der Waals surface area contributed by atoms with Gasteiger partial charge in [0.05, 0.1) is 10.9 Å². The van der Waals surface area contributed by atoms with Crippen molar-refractivity contribution in [1.29, 1.82) is 0 Å². The Morgan fingerprint density at radius 1 is 1.03 bits per heavy atom. The van der Waals surface area contributed by atoms with Crippen LogP contribution in [0.25, 0.3) is 28.1 Å². The average Bonchev–Trinajstić information content (AvgIpc) is 3.32. The largest absolute Gasteiger partial charge is 0.256 e. The molecule has 4 aromatic rings. The van der Waals surface area contributed by atoms with Crippen LogP contribution >= 0.6 is 23.1 Å². The smallest absolute Gasteiger partial charge is 0.0751 e. The average molecular weight is 440 g/mol. The van der Waals surface area contributed by atoms with Crippen LogP contribution in [0.1, 0.15) is 59.1 Å². The maximum absolute atomic E-state index is 4.96. The van der Waals surface area contributed by atoms with Crippen LogP contribution in [0, 0.1) is 6.92 Å². The summed E-state index contributed by atoms with van der Waals surface area (Å²) < 4.78 is 0. The number of benzene rings is 2. The number of hydrogen-bond acceptors (Lipinski definition) is 3. The highest BCUT2D eigenvalue weighted by Crippen LogP contribution is 2.60. The van der Waals surface area contributed by atoms with Crippen LogP contribution in [0.2, 0.25) is 0 Å². The number of hydrogen-bond donors (Lipinski definition) is 0. The van der Waals surface area contributed by atoms with Gasteiger partial charge in [0.25, 0.3) is 0 Å². The second kappa shape index (κ2) is 6.82. The molecule has 1 nitrogen and oxygen atoms in total. The number of nitrogens with zero attached hydrogens (tertiary/aromatic N) is 1. The lowest BCUT2D eigenvalue weighted by molar-refractivity contribution is 0.596. The molecule has 2 aromatic carbocycles. The van der Waals surface area contributed by atoms with Crippen molar-refractivity contribution in [2.45, 2.75) is 49.2 Å². The molecule has 1 aliphatic carbocycles. The van der Waals surface area contributed by atoms with E-state index in [1.807, 2.05) is 29.3 Å². The van der Waals surface area contributed by atoms with Gasteiger partial charge in [-0.25, -0.2) is 0 Å². The summed E-state index contributed by atoms with van der Waals surface area (Å²) in [5.41, 5.74) is 8.08. The van der Waals surface area contributed by atoms with Crippen LogP contribution in [0.5, 0.6) is 0 Å². The topological polar surface area (TPSA) is 12.9 Å². The molecule has 6 rings (SSSR count). The highest BCUT2D eigenvalue weighted by molar-refractivity contribution is 8.00. The summed E-state index contributed by atoms with van der Waals surface area (Å²) in [5, 5.41) is 5.41. The summed E-state index contributed by atoms with van der Waals surface area (Å²) in [7, 11) is 0. The van der Waals surface area contributed by atoms with Crippen molar-refractivity contribution in [3.05, 3.63) is 87.2 Å². The fourth-order valence-corrected chi connectivity index (χ4v) is 7.82. The molecule has 0 bridgehead atoms. The molecule has 0 radical (unpaired) electrons. The van der Waals surface area contributed by atoms with Crippen LogP contribution in [-0.2, 0) is 5.41 Å². The van der Waals surface area contributed by atoms with Crippen molar-refractivity contribution >= 4 is 39.9 Å². The lowest BCUT2D eigenvalue weighted by atomic mass is 9.81. The van der Waals surface area contributed by atoms with Crippen molar-refractivity contribution < 1.29 is 0 Å². The Labute approximate surface area is 192 Å². The first-order valence-electron chi connectivity index (χ1n) is 10.9. The number of pyridine rings is 1. The first-order chi connectivity index (χ1) is 14.9. The normalized spacial score (nSPS) is 19.4. The van der Waals surface area contributed by atoms with E-state index in [2.05, 4.69) is 87.7 Å². The molecule has 2 unspecified atom stereocenters. The Kier molecular flexibility index (Phi) is 4.25. The highest BCUT2D eigenvalue weighted by atomic mass is 32.2. The van der Waals surface area contributed by atoms with Gasteiger partial charge in [0.15, 0.2) is 0 Å². The number of aryl methyl sites for hydroxylation is 1. The monoisotopic (exact) mass is 439 g/mol. The Bertz CT molecular complexity index is 1370. The van der Waals surface area contributed by atoms with Crippen molar-refractivity contribution in [2.24, 2.45) is 0 Å². The zero-order chi connectivity index (χ0) is 21.3. The minimum absolute atomic E-state index is 0.0684. The summed E-state index contributed by atoms with van der Waals surface area (Å²) in [6.07, 6.45) is 6.76. The lowest BCUT2D eigenvalue weighted by Gasteiger charge is -2.24. The van der Waals surface area contributed by atoms with Gasteiger partial charge in [0, 0.05) is 33.0 Å². The second-order valence-electron chi connectivity index (χ2n) is 9.69. The molecule has 3 heteroatoms. The zero-order valence-electron chi connectivity index (χ0n) is 18.3. The molecule has 3 heterocycles. The number of thiophene rings is 1. The van der Waals surface area contributed by atoms with Crippen LogP contribution in [-0.4, -0.2) is 4.98 Å². The number of thioether (sulfide) groups is 1. The van der Waals surface area contributed by atoms with Crippen LogP contribution in [0.4, 0.5) is 0 Å². The molecule has 154 valence electrons. The van der Waals surface area contributed by atoms with Gasteiger partial charge < -0.3 is 0 Å². The molecule has 0 N–H and O–H groups in total. The number of aromatic nitrogens is 1. The summed E-state index contributed by atoms with van der Waals surface area (Å²) in [6.45, 7) is 9.14. The summed E-state index contributed by atoms with van der Waals surface area (Å²) >= 11 is 3.93. The molecular weight excluding hydrogens is 414 g/mol. The first-order valence-corrected chi connectivity index (χ1v) is 12.6. The van der Waals surface area contributed by atoms with Gasteiger partial charge in [-0.2, -0.15) is 0 Å². The standard InChI is InChI=1S/C28H25NS2/c1-16-15-30-26-19(16)9-10-21-24-23(31-27(21)26)11-12-29-25(24)18-13-17-7-5-6-8-20(17)22(14-18)28(2,3)4/h5-15,21,27H,1-4H3. The van der Waals surface area contributed by atoms with Crippen molar-refractivity contribution in [1.82, 2.24) is 4.98 Å². The third-order valence-electron chi connectivity index (χ3n) is 6.59. The van der Waals surface area contributed by atoms with Gasteiger partial charge in [-0.1, -0.05) is 57.2 Å². The molecule has 2 atom stereocenters. The predicted octanol–water partition coefficient (Wildman–Crippen LogP) is 8.53. The Morgan fingerprint density at radius 2 is 1.87 bits per heavy atom. The van der Waals surface area contributed by atoms with E-state index in [0.717, 1.165) is 5.69 Å². The van der Waals surface area contributed by atoms with Gasteiger partial charge in [0.2, 0.25) is 0 Å². The highest BCUT2D eigenvalue weighted by Gasteiger charge is 2.39. The minimum atomic E-state index is 0.0684. The molecule has 0 fully saturated rings. The molecule has 31 heavy (non-hydrogen) atoms. The molecule has 0 spiro atoms. The van der Waals surface area contributed by atoms with E-state index >= 15 is 0 Å². The zero-order valence-corrected chi connectivity index (χ0v) is 19.9. The molecule has 0 saturated carbocycles. The van der Waals surface area contributed by atoms with E-state index in [1.165, 1.54) is 48.4 Å². The van der Waals surface area contributed by atoms with Crippen LogP contribution < -0.4 is 0 Å². The van der Waals surface area contributed by atoms with Crippen molar-refractivity contribution in [2.75, 3.05) is 0 Å². The predicted molar refractivity (Wildman–Crippen MR) is 135 cm³/mol. The second-order valence-corrected chi connectivity index (χ2v) is 11.8. The maximum Gasteiger partial charge on any atom is 0.0751 e. The molecule has 1 aliphatic heterocycles. The molecule has 0 amide bonds. The Balaban J connectivity index is 1.56. The van der Waals surface area contributed by atoms with E-state index in [-0.39, 0.29) is 5.41 Å². The molecular formula is C28H25NS2. The van der Waals surface area contributed by atoms with Gasteiger partial charge in [0.1, 0.15) is 0 Å². The van der Waals surface area contributed by atoms with E-state index in [0.29, 0.717) is 11.2 Å². The Morgan fingerprint density at radius 3 is 2.71 bits per heavy atom. The van der Waals surface area contributed by atoms with Gasteiger partial charge in [-0.05, 0) is 63.4 Å². The van der Waals surface area contributed by atoms with Gasteiger partial charge >= 0.3 is 0 Å². The Hall–Kier alpha value is -2.36. The number of rotatable bonds is 1. The van der Waals surface area contributed by atoms with E-state index in [4.69, 9.17) is 4.98 Å². The fourth-order valence-electron chi connectivity index (χ4n) is 5.06. The van der Waals surface area contributed by atoms with Gasteiger partial charge in [-0.15, -0.1) is 23.1 Å². The SMILES string of the molecule is Cc1csc2c1C=CC1c3c(ccnc3-c3cc(C(C)(C)C)c4ccccc4c3)SC21. The summed E-state index contributed by atoms with van der Waals surface area (Å²) in [5.74, 6) is 0.388. The third kappa shape index (κ3) is 2.94. The first kappa shape index (κ1) is 19.3. The van der Waals surface area contributed by atoms with Crippen molar-refractivity contribution in [3.8, 4) is 11.3 Å². The quantitative estimate of drug-likeness (QED) is 0.295.